The molecule has 0 atom stereocenters. The van der Waals surface area contributed by atoms with E-state index in [1.165, 1.54) is 6.07 Å². The molecular formula is C25H22N4O5S. The van der Waals surface area contributed by atoms with E-state index >= 15 is 0 Å². The number of carbonyl (C=O) groups excluding carboxylic acids is 3. The van der Waals surface area contributed by atoms with Gasteiger partial charge in [-0.15, -0.1) is 0 Å². The Morgan fingerprint density at radius 1 is 1.11 bits per heavy atom. The first-order valence-electron chi connectivity index (χ1n) is 10.7. The number of rotatable bonds is 7. The summed E-state index contributed by atoms with van der Waals surface area (Å²) < 4.78 is 1.75. The third kappa shape index (κ3) is 5.33. The topological polar surface area (TPSA) is 115 Å². The molecule has 1 aliphatic heterocycles. The Morgan fingerprint density at radius 2 is 1.89 bits per heavy atom. The molecule has 1 fully saturated rings. The van der Waals surface area contributed by atoms with Crippen molar-refractivity contribution in [3.8, 4) is 0 Å². The van der Waals surface area contributed by atoms with Crippen LogP contribution in [-0.2, 0) is 16.1 Å². The maximum absolute atomic E-state index is 12.9. The molecule has 0 radical (unpaired) electrons. The number of nitro groups is 1. The Bertz CT molecular complexity index is 1380. The molecule has 1 saturated heterocycles. The average molecular weight is 491 g/mol. The smallest absolute Gasteiger partial charge is 0.294 e. The monoisotopic (exact) mass is 490 g/mol. The van der Waals surface area contributed by atoms with Crippen LogP contribution in [0.15, 0.2) is 65.7 Å². The van der Waals surface area contributed by atoms with Crippen molar-refractivity contribution in [2.75, 3.05) is 11.9 Å². The minimum absolute atomic E-state index is 0.00213. The van der Waals surface area contributed by atoms with Gasteiger partial charge in [-0.25, -0.2) is 0 Å². The van der Waals surface area contributed by atoms with E-state index in [4.69, 9.17) is 0 Å². The highest BCUT2D eigenvalue weighted by molar-refractivity contribution is 8.18. The summed E-state index contributed by atoms with van der Waals surface area (Å²) in [6.07, 6.45) is 3.30. The van der Waals surface area contributed by atoms with E-state index in [1.807, 2.05) is 26.0 Å². The van der Waals surface area contributed by atoms with Crippen molar-refractivity contribution < 1.29 is 19.3 Å². The van der Waals surface area contributed by atoms with E-state index in [2.05, 4.69) is 5.32 Å². The van der Waals surface area contributed by atoms with Gasteiger partial charge >= 0.3 is 0 Å². The van der Waals surface area contributed by atoms with E-state index in [-0.39, 0.29) is 17.1 Å². The van der Waals surface area contributed by atoms with Gasteiger partial charge < -0.3 is 9.88 Å². The van der Waals surface area contributed by atoms with Gasteiger partial charge in [0.15, 0.2) is 0 Å². The van der Waals surface area contributed by atoms with Crippen molar-refractivity contribution in [1.29, 1.82) is 0 Å². The maximum Gasteiger partial charge on any atom is 0.294 e. The molecule has 10 heteroatoms. The number of nitrogens with zero attached hydrogens (tertiary/aromatic N) is 3. The molecule has 0 bridgehead atoms. The van der Waals surface area contributed by atoms with Crippen LogP contribution in [-0.4, -0.2) is 38.0 Å². The summed E-state index contributed by atoms with van der Waals surface area (Å²) in [5.74, 6) is -1.03. The van der Waals surface area contributed by atoms with Crippen LogP contribution < -0.4 is 5.32 Å². The van der Waals surface area contributed by atoms with Crippen LogP contribution in [0.4, 0.5) is 16.2 Å². The Hall–Kier alpha value is -4.18. The lowest BCUT2D eigenvalue weighted by Crippen LogP contribution is -2.36. The molecule has 4 rings (SSSR count). The fourth-order valence-electron chi connectivity index (χ4n) is 3.77. The maximum atomic E-state index is 12.9. The molecule has 0 aliphatic carbocycles. The van der Waals surface area contributed by atoms with E-state index in [0.717, 1.165) is 27.8 Å². The molecule has 1 aromatic heterocycles. The minimum Gasteiger partial charge on any atom is -0.343 e. The number of thioether (sulfide) groups is 1. The van der Waals surface area contributed by atoms with Gasteiger partial charge in [0.1, 0.15) is 6.54 Å². The van der Waals surface area contributed by atoms with Crippen molar-refractivity contribution in [3.63, 3.8) is 0 Å². The van der Waals surface area contributed by atoms with E-state index in [9.17, 15) is 24.5 Å². The number of anilines is 1. The van der Waals surface area contributed by atoms with Gasteiger partial charge in [0, 0.05) is 29.2 Å². The minimum atomic E-state index is -0.561. The average Bonchev–Trinajstić information content (AvgIpc) is 3.35. The third-order valence-corrected chi connectivity index (χ3v) is 6.41. The molecule has 35 heavy (non-hydrogen) atoms. The molecule has 3 amide bonds. The van der Waals surface area contributed by atoms with Gasteiger partial charge in [0.05, 0.1) is 16.4 Å². The predicted molar refractivity (Wildman–Crippen MR) is 134 cm³/mol. The lowest BCUT2D eigenvalue weighted by molar-refractivity contribution is -0.385. The lowest BCUT2D eigenvalue weighted by atomic mass is 10.1. The fourth-order valence-corrected chi connectivity index (χ4v) is 4.59. The largest absolute Gasteiger partial charge is 0.343 e. The number of para-hydroxylation sites is 1. The van der Waals surface area contributed by atoms with Crippen LogP contribution in [0.3, 0.4) is 0 Å². The van der Waals surface area contributed by atoms with E-state index in [1.54, 1.807) is 53.2 Å². The Labute approximate surface area is 205 Å². The summed E-state index contributed by atoms with van der Waals surface area (Å²) >= 11 is 0.753. The molecule has 2 aromatic carbocycles. The summed E-state index contributed by atoms with van der Waals surface area (Å²) in [4.78, 5) is 49.9. The number of nitrogens with one attached hydrogen (secondary N) is 1. The third-order valence-electron chi connectivity index (χ3n) is 5.50. The van der Waals surface area contributed by atoms with E-state index < -0.39 is 28.5 Å². The highest BCUT2D eigenvalue weighted by Crippen LogP contribution is 2.32. The lowest BCUT2D eigenvalue weighted by Gasteiger charge is -2.14. The zero-order valence-corrected chi connectivity index (χ0v) is 19.9. The molecule has 0 spiro atoms. The van der Waals surface area contributed by atoms with Crippen LogP contribution in [0, 0.1) is 24.0 Å². The molecule has 1 N–H and O–H groups in total. The van der Waals surface area contributed by atoms with Gasteiger partial charge in [0.25, 0.3) is 16.8 Å². The van der Waals surface area contributed by atoms with Crippen molar-refractivity contribution >= 4 is 46.3 Å². The summed E-state index contributed by atoms with van der Waals surface area (Å²) in [5, 5.41) is 13.5. The van der Waals surface area contributed by atoms with Crippen LogP contribution in [0.5, 0.6) is 0 Å². The highest BCUT2D eigenvalue weighted by atomic mass is 32.2. The summed E-state index contributed by atoms with van der Waals surface area (Å²) in [6, 6.07) is 15.5. The molecule has 178 valence electrons. The first kappa shape index (κ1) is 24.0. The molecule has 0 saturated carbocycles. The van der Waals surface area contributed by atoms with Crippen LogP contribution >= 0.6 is 11.8 Å². The molecule has 2 heterocycles. The van der Waals surface area contributed by atoms with Crippen molar-refractivity contribution in [3.05, 3.63) is 98.2 Å². The number of amides is 3. The highest BCUT2D eigenvalue weighted by Gasteiger charge is 2.36. The first-order chi connectivity index (χ1) is 16.7. The Morgan fingerprint density at radius 3 is 2.63 bits per heavy atom. The molecule has 3 aromatic rings. The number of imide groups is 1. The van der Waals surface area contributed by atoms with Crippen molar-refractivity contribution in [1.82, 2.24) is 9.47 Å². The molecule has 9 nitrogen and oxygen atoms in total. The second kappa shape index (κ2) is 9.98. The summed E-state index contributed by atoms with van der Waals surface area (Å²) in [5.41, 5.74) is 3.68. The zero-order valence-electron chi connectivity index (χ0n) is 19.1. The first-order valence-corrected chi connectivity index (χ1v) is 11.5. The summed E-state index contributed by atoms with van der Waals surface area (Å²) in [7, 11) is 0. The zero-order chi connectivity index (χ0) is 25.1. The second-order valence-electron chi connectivity index (χ2n) is 8.08. The summed E-state index contributed by atoms with van der Waals surface area (Å²) in [6.45, 7) is 3.64. The molecule has 0 unspecified atom stereocenters. The molecule has 1 aliphatic rings. The number of hydrogen-bond donors (Lipinski definition) is 1. The number of nitro benzene ring substituents is 1. The number of carbonyl (C=O) groups is 3. The SMILES string of the molecule is Cc1ccc(NC(=O)CN2C(=O)S/C(=C/c3cccn3Cc3ccccc3[N+](=O)[O-])C2=O)c(C)c1. The fraction of sp³-hybridized carbons (Fsp3) is 0.160. The normalized spacial score (nSPS) is 14.6. The number of benzene rings is 2. The van der Waals surface area contributed by atoms with Crippen molar-refractivity contribution in [2.45, 2.75) is 20.4 Å². The second-order valence-corrected chi connectivity index (χ2v) is 9.07. The van der Waals surface area contributed by atoms with Crippen LogP contribution in [0.1, 0.15) is 22.4 Å². The molecular weight excluding hydrogens is 468 g/mol. The van der Waals surface area contributed by atoms with Gasteiger partial charge in [0.2, 0.25) is 5.91 Å². The quantitative estimate of drug-likeness (QED) is 0.291. The van der Waals surface area contributed by atoms with Gasteiger partial charge in [-0.1, -0.05) is 35.9 Å². The van der Waals surface area contributed by atoms with Crippen molar-refractivity contribution in [2.24, 2.45) is 0 Å². The van der Waals surface area contributed by atoms with Crippen LogP contribution in [0.2, 0.25) is 0 Å². The van der Waals surface area contributed by atoms with E-state index in [0.29, 0.717) is 16.9 Å². The van der Waals surface area contributed by atoms with Gasteiger partial charge in [-0.05, 0) is 55.4 Å². The predicted octanol–water partition coefficient (Wildman–Crippen LogP) is 4.74. The Kier molecular flexibility index (Phi) is 6.83. The number of hydrogen-bond acceptors (Lipinski definition) is 6. The Balaban J connectivity index is 1.48. The standard InChI is InChI=1S/C25H22N4O5S/c1-16-9-10-20(17(2)12-16)26-23(30)15-28-24(31)22(35-25(28)32)13-19-7-5-11-27(19)14-18-6-3-4-8-21(18)29(33)34/h3-13H,14-15H2,1-2H3,(H,26,30)/b22-13+. The van der Waals surface area contributed by atoms with Gasteiger partial charge in [-0.2, -0.15) is 0 Å². The number of aromatic nitrogens is 1. The van der Waals surface area contributed by atoms with Gasteiger partial charge in [-0.3, -0.25) is 29.4 Å². The van der Waals surface area contributed by atoms with Crippen LogP contribution in [0.25, 0.3) is 6.08 Å². The number of aryl methyl sites for hydroxylation is 2.